The fourth-order valence-corrected chi connectivity index (χ4v) is 4.47. The van der Waals surface area contributed by atoms with Crippen LogP contribution in [-0.4, -0.2) is 35.6 Å². The second kappa shape index (κ2) is 7.60. The van der Waals surface area contributed by atoms with Gasteiger partial charge in [-0.1, -0.05) is 12.1 Å². The predicted octanol–water partition coefficient (Wildman–Crippen LogP) is 4.28. The van der Waals surface area contributed by atoms with Gasteiger partial charge in [-0.05, 0) is 37.5 Å². The molecule has 0 spiro atoms. The fourth-order valence-electron chi connectivity index (χ4n) is 3.56. The first kappa shape index (κ1) is 17.9. The summed E-state index contributed by atoms with van der Waals surface area (Å²) >= 11 is 1.54. The third-order valence-corrected chi connectivity index (χ3v) is 5.73. The number of thiophene rings is 1. The molecule has 1 unspecified atom stereocenters. The van der Waals surface area contributed by atoms with E-state index in [4.69, 9.17) is 4.74 Å². The van der Waals surface area contributed by atoms with Gasteiger partial charge in [-0.15, -0.1) is 11.3 Å². The molecule has 4 rings (SSSR count). The first-order valence-corrected chi connectivity index (χ1v) is 9.95. The SMILES string of the molecule is CCOC(=O)C1CCCN(c2ncnc3scc(-c4ccc(F)cc4)c23)C1. The zero-order valence-corrected chi connectivity index (χ0v) is 15.8. The summed E-state index contributed by atoms with van der Waals surface area (Å²) < 4.78 is 18.5. The summed E-state index contributed by atoms with van der Waals surface area (Å²) in [5.74, 6) is 0.283. The Labute approximate surface area is 160 Å². The van der Waals surface area contributed by atoms with Gasteiger partial charge in [-0.25, -0.2) is 14.4 Å². The van der Waals surface area contributed by atoms with Crippen LogP contribution in [0.2, 0.25) is 0 Å². The maximum absolute atomic E-state index is 13.3. The van der Waals surface area contributed by atoms with Gasteiger partial charge in [0.1, 0.15) is 22.8 Å². The van der Waals surface area contributed by atoms with Gasteiger partial charge in [0.15, 0.2) is 0 Å². The minimum atomic E-state index is -0.261. The highest BCUT2D eigenvalue weighted by atomic mass is 32.1. The van der Waals surface area contributed by atoms with E-state index in [0.717, 1.165) is 46.5 Å². The zero-order valence-electron chi connectivity index (χ0n) is 15.0. The van der Waals surface area contributed by atoms with E-state index in [-0.39, 0.29) is 17.7 Å². The van der Waals surface area contributed by atoms with E-state index in [0.29, 0.717) is 13.2 Å². The van der Waals surface area contributed by atoms with E-state index < -0.39 is 0 Å². The summed E-state index contributed by atoms with van der Waals surface area (Å²) in [6.07, 6.45) is 3.31. The largest absolute Gasteiger partial charge is 0.466 e. The van der Waals surface area contributed by atoms with Crippen LogP contribution in [0.4, 0.5) is 10.2 Å². The Hall–Kier alpha value is -2.54. The van der Waals surface area contributed by atoms with E-state index in [2.05, 4.69) is 14.9 Å². The number of carbonyl (C=O) groups excluding carboxylic acids is 1. The molecule has 0 radical (unpaired) electrons. The van der Waals surface area contributed by atoms with Crippen LogP contribution in [0.25, 0.3) is 21.3 Å². The Bertz CT molecular complexity index is 958. The molecule has 0 bridgehead atoms. The second-order valence-corrected chi connectivity index (χ2v) is 7.43. The molecule has 1 saturated heterocycles. The first-order valence-electron chi connectivity index (χ1n) is 9.07. The van der Waals surface area contributed by atoms with Crippen molar-refractivity contribution in [2.24, 2.45) is 5.92 Å². The number of fused-ring (bicyclic) bond motifs is 1. The lowest BCUT2D eigenvalue weighted by atomic mass is 9.97. The third kappa shape index (κ3) is 3.51. The third-order valence-electron chi connectivity index (χ3n) is 4.85. The maximum atomic E-state index is 13.3. The minimum Gasteiger partial charge on any atom is -0.466 e. The van der Waals surface area contributed by atoms with Gasteiger partial charge in [0, 0.05) is 24.0 Å². The van der Waals surface area contributed by atoms with Crippen LogP contribution in [0.5, 0.6) is 0 Å². The number of carbonyl (C=O) groups is 1. The van der Waals surface area contributed by atoms with E-state index in [1.54, 1.807) is 29.8 Å². The lowest BCUT2D eigenvalue weighted by Gasteiger charge is -2.32. The number of hydrogen-bond donors (Lipinski definition) is 0. The van der Waals surface area contributed by atoms with Crippen molar-refractivity contribution < 1.29 is 13.9 Å². The highest BCUT2D eigenvalue weighted by molar-refractivity contribution is 7.17. The number of piperidine rings is 1. The van der Waals surface area contributed by atoms with Gasteiger partial charge in [-0.2, -0.15) is 0 Å². The minimum absolute atomic E-state index is 0.142. The molecule has 3 heterocycles. The smallest absolute Gasteiger partial charge is 0.310 e. The molecule has 1 aliphatic rings. The van der Waals surface area contributed by atoms with E-state index >= 15 is 0 Å². The van der Waals surface area contributed by atoms with Crippen molar-refractivity contribution in [1.29, 1.82) is 0 Å². The Kier molecular flexibility index (Phi) is 5.03. The van der Waals surface area contributed by atoms with Gasteiger partial charge < -0.3 is 9.64 Å². The molecule has 2 aromatic heterocycles. The zero-order chi connectivity index (χ0) is 18.8. The summed E-state index contributed by atoms with van der Waals surface area (Å²) in [6.45, 7) is 3.64. The number of halogens is 1. The van der Waals surface area contributed by atoms with Crippen molar-refractivity contribution in [1.82, 2.24) is 9.97 Å². The molecule has 0 aliphatic carbocycles. The molecule has 7 heteroatoms. The monoisotopic (exact) mass is 385 g/mol. The Morgan fingerprint density at radius 3 is 2.93 bits per heavy atom. The lowest BCUT2D eigenvalue weighted by molar-refractivity contribution is -0.148. The molecule has 1 atom stereocenters. The number of aromatic nitrogens is 2. The van der Waals surface area contributed by atoms with Gasteiger partial charge in [-0.3, -0.25) is 4.79 Å². The van der Waals surface area contributed by atoms with Crippen molar-refractivity contribution in [2.45, 2.75) is 19.8 Å². The Morgan fingerprint density at radius 2 is 2.15 bits per heavy atom. The van der Waals surface area contributed by atoms with Crippen LogP contribution >= 0.6 is 11.3 Å². The fraction of sp³-hybridized carbons (Fsp3) is 0.350. The molecule has 1 aromatic carbocycles. The molecule has 0 saturated carbocycles. The molecule has 0 N–H and O–H groups in total. The summed E-state index contributed by atoms with van der Waals surface area (Å²) in [5, 5.41) is 2.99. The number of anilines is 1. The van der Waals surface area contributed by atoms with Gasteiger partial charge in [0.25, 0.3) is 0 Å². The van der Waals surface area contributed by atoms with E-state index in [1.807, 2.05) is 12.3 Å². The number of benzene rings is 1. The van der Waals surface area contributed by atoms with Crippen molar-refractivity contribution in [2.75, 3.05) is 24.6 Å². The Balaban J connectivity index is 1.72. The van der Waals surface area contributed by atoms with Crippen LogP contribution in [0, 0.1) is 11.7 Å². The molecular weight excluding hydrogens is 365 g/mol. The molecular formula is C20H20FN3O2S. The molecule has 5 nitrogen and oxygen atoms in total. The molecule has 3 aromatic rings. The number of rotatable bonds is 4. The molecule has 0 amide bonds. The number of esters is 1. The van der Waals surface area contributed by atoms with E-state index in [1.165, 1.54) is 12.1 Å². The highest BCUT2D eigenvalue weighted by Gasteiger charge is 2.29. The number of nitrogens with zero attached hydrogens (tertiary/aromatic N) is 3. The summed E-state index contributed by atoms with van der Waals surface area (Å²) in [6, 6.07) is 6.45. The number of ether oxygens (including phenoxy) is 1. The molecule has 1 fully saturated rings. The summed E-state index contributed by atoms with van der Waals surface area (Å²) in [7, 11) is 0. The first-order chi connectivity index (χ1) is 13.2. The average Bonchev–Trinajstić information content (AvgIpc) is 3.13. The van der Waals surface area contributed by atoms with Crippen molar-refractivity contribution in [3.05, 3.63) is 41.8 Å². The summed E-state index contributed by atoms with van der Waals surface area (Å²) in [5.41, 5.74) is 1.92. The quantitative estimate of drug-likeness (QED) is 0.628. The average molecular weight is 385 g/mol. The predicted molar refractivity (Wildman–Crippen MR) is 104 cm³/mol. The van der Waals surface area contributed by atoms with Crippen molar-refractivity contribution in [3.63, 3.8) is 0 Å². The number of hydrogen-bond acceptors (Lipinski definition) is 6. The van der Waals surface area contributed by atoms with Crippen LogP contribution in [0.3, 0.4) is 0 Å². The van der Waals surface area contributed by atoms with Crippen LogP contribution in [0.15, 0.2) is 36.0 Å². The van der Waals surface area contributed by atoms with Crippen molar-refractivity contribution >= 4 is 33.3 Å². The van der Waals surface area contributed by atoms with Crippen LogP contribution in [-0.2, 0) is 9.53 Å². The molecule has 140 valence electrons. The molecule has 27 heavy (non-hydrogen) atoms. The van der Waals surface area contributed by atoms with Crippen LogP contribution < -0.4 is 4.90 Å². The van der Waals surface area contributed by atoms with Gasteiger partial charge >= 0.3 is 5.97 Å². The second-order valence-electron chi connectivity index (χ2n) is 6.57. The van der Waals surface area contributed by atoms with Crippen LogP contribution in [0.1, 0.15) is 19.8 Å². The summed E-state index contributed by atoms with van der Waals surface area (Å²) in [4.78, 5) is 24.2. The highest BCUT2D eigenvalue weighted by Crippen LogP contribution is 2.38. The normalized spacial score (nSPS) is 17.3. The van der Waals surface area contributed by atoms with Crippen molar-refractivity contribution in [3.8, 4) is 11.1 Å². The lowest BCUT2D eigenvalue weighted by Crippen LogP contribution is -2.40. The standard InChI is InChI=1S/C20H20FN3O2S/c1-2-26-20(25)14-4-3-9-24(10-14)18-17-16(11-27-19(17)23-12-22-18)13-5-7-15(21)8-6-13/h5-8,11-12,14H,2-4,9-10H2,1H3. The van der Waals surface area contributed by atoms with Gasteiger partial charge in [0.05, 0.1) is 17.9 Å². The topological polar surface area (TPSA) is 55.3 Å². The van der Waals surface area contributed by atoms with E-state index in [9.17, 15) is 9.18 Å². The maximum Gasteiger partial charge on any atom is 0.310 e. The molecule has 1 aliphatic heterocycles. The van der Waals surface area contributed by atoms with Gasteiger partial charge in [0.2, 0.25) is 0 Å². The Morgan fingerprint density at radius 1 is 1.33 bits per heavy atom.